The highest BCUT2D eigenvalue weighted by atomic mass is 32.2. The lowest BCUT2D eigenvalue weighted by Crippen LogP contribution is -2.28. The third-order valence-corrected chi connectivity index (χ3v) is 5.09. The Labute approximate surface area is 180 Å². The number of oxime groups is 1. The molecular formula is C21H30N4O4S. The zero-order valence-electron chi connectivity index (χ0n) is 17.3. The van der Waals surface area contributed by atoms with Crippen LogP contribution in [0.2, 0.25) is 0 Å². The van der Waals surface area contributed by atoms with E-state index >= 15 is 0 Å². The van der Waals surface area contributed by atoms with Gasteiger partial charge in [-0.3, -0.25) is 4.98 Å². The molecule has 30 heavy (non-hydrogen) atoms. The van der Waals surface area contributed by atoms with Gasteiger partial charge in [0.1, 0.15) is 12.4 Å². The normalized spacial score (nSPS) is 11.3. The van der Waals surface area contributed by atoms with Crippen molar-refractivity contribution in [3.8, 4) is 5.75 Å². The van der Waals surface area contributed by atoms with Crippen LogP contribution in [0.15, 0.2) is 53.9 Å². The van der Waals surface area contributed by atoms with Crippen molar-refractivity contribution in [3.05, 3.63) is 54.4 Å². The largest absolute Gasteiger partial charge is 0.494 e. The van der Waals surface area contributed by atoms with Gasteiger partial charge in [0.15, 0.2) is 0 Å². The van der Waals surface area contributed by atoms with E-state index in [2.05, 4.69) is 15.5 Å². The maximum Gasteiger partial charge on any atom is 0.203 e. The smallest absolute Gasteiger partial charge is 0.203 e. The fourth-order valence-corrected chi connectivity index (χ4v) is 3.23. The SMILES string of the molecule is CCO/N=C/c1ccc(OCCCCCN(CCNc2ccncc2)[SH](=O)=O)cc1. The molecule has 0 aliphatic heterocycles. The van der Waals surface area contributed by atoms with E-state index in [1.165, 1.54) is 4.31 Å². The van der Waals surface area contributed by atoms with E-state index in [0.717, 1.165) is 36.3 Å². The predicted octanol–water partition coefficient (Wildman–Crippen LogP) is 2.94. The molecular weight excluding hydrogens is 404 g/mol. The van der Waals surface area contributed by atoms with E-state index in [4.69, 9.17) is 9.57 Å². The second-order valence-corrected chi connectivity index (χ2v) is 7.53. The van der Waals surface area contributed by atoms with Crippen LogP contribution in [-0.4, -0.2) is 56.8 Å². The van der Waals surface area contributed by atoms with Gasteiger partial charge in [-0.15, -0.1) is 0 Å². The van der Waals surface area contributed by atoms with Crippen LogP contribution < -0.4 is 10.1 Å². The number of thiol groups is 1. The number of nitrogens with one attached hydrogen (secondary N) is 1. The van der Waals surface area contributed by atoms with Crippen LogP contribution >= 0.6 is 0 Å². The molecule has 0 fully saturated rings. The lowest BCUT2D eigenvalue weighted by Gasteiger charge is -2.16. The van der Waals surface area contributed by atoms with Gasteiger partial charge < -0.3 is 14.9 Å². The molecule has 0 bridgehead atoms. The van der Waals surface area contributed by atoms with Gasteiger partial charge in [-0.05, 0) is 68.1 Å². The Morgan fingerprint density at radius 2 is 1.83 bits per heavy atom. The van der Waals surface area contributed by atoms with Crippen LogP contribution in [0.4, 0.5) is 5.69 Å². The first kappa shape index (κ1) is 23.6. The first-order valence-electron chi connectivity index (χ1n) is 10.1. The van der Waals surface area contributed by atoms with Crippen molar-refractivity contribution < 1.29 is 18.0 Å². The summed E-state index contributed by atoms with van der Waals surface area (Å²) < 4.78 is 30.1. The summed E-state index contributed by atoms with van der Waals surface area (Å²) >= 11 is 0. The minimum Gasteiger partial charge on any atom is -0.494 e. The summed E-state index contributed by atoms with van der Waals surface area (Å²) in [5.41, 5.74) is 1.87. The van der Waals surface area contributed by atoms with Gasteiger partial charge in [0, 0.05) is 37.7 Å². The quantitative estimate of drug-likeness (QED) is 0.194. The van der Waals surface area contributed by atoms with Crippen molar-refractivity contribution in [2.24, 2.45) is 5.16 Å². The topological polar surface area (TPSA) is 93.1 Å². The zero-order chi connectivity index (χ0) is 21.4. The predicted molar refractivity (Wildman–Crippen MR) is 120 cm³/mol. The monoisotopic (exact) mass is 434 g/mol. The van der Waals surface area contributed by atoms with Crippen LogP contribution in [0.1, 0.15) is 31.7 Å². The van der Waals surface area contributed by atoms with Gasteiger partial charge in [-0.1, -0.05) is 5.16 Å². The fourth-order valence-electron chi connectivity index (χ4n) is 2.66. The maximum atomic E-state index is 11.4. The van der Waals surface area contributed by atoms with E-state index in [-0.39, 0.29) is 0 Å². The van der Waals surface area contributed by atoms with Gasteiger partial charge in [0.25, 0.3) is 0 Å². The first-order chi connectivity index (χ1) is 14.7. The molecule has 2 aromatic rings. The number of anilines is 1. The van der Waals surface area contributed by atoms with Crippen LogP contribution in [0, 0.1) is 0 Å². The summed E-state index contributed by atoms with van der Waals surface area (Å²) in [5, 5.41) is 7.02. The Morgan fingerprint density at radius 3 is 2.53 bits per heavy atom. The molecule has 1 aromatic carbocycles. The zero-order valence-corrected chi connectivity index (χ0v) is 18.2. The number of hydrogen-bond donors (Lipinski definition) is 2. The van der Waals surface area contributed by atoms with E-state index < -0.39 is 10.9 Å². The molecule has 0 saturated carbocycles. The summed E-state index contributed by atoms with van der Waals surface area (Å²) in [7, 11) is -2.58. The fraction of sp³-hybridized carbons (Fsp3) is 0.429. The number of rotatable bonds is 15. The Hall–Kier alpha value is -2.65. The highest BCUT2D eigenvalue weighted by Gasteiger charge is 2.06. The van der Waals surface area contributed by atoms with Crippen LogP contribution in [0.5, 0.6) is 5.75 Å². The molecule has 0 atom stereocenters. The average Bonchev–Trinajstić information content (AvgIpc) is 2.76. The molecule has 0 amide bonds. The molecule has 1 aromatic heterocycles. The molecule has 0 radical (unpaired) electrons. The molecule has 2 rings (SSSR count). The molecule has 0 aliphatic rings. The lowest BCUT2D eigenvalue weighted by atomic mass is 10.2. The maximum absolute atomic E-state index is 11.4. The van der Waals surface area contributed by atoms with Crippen LogP contribution in [0.3, 0.4) is 0 Å². The van der Waals surface area contributed by atoms with Crippen molar-refractivity contribution in [2.75, 3.05) is 38.2 Å². The number of benzene rings is 1. The highest BCUT2D eigenvalue weighted by Crippen LogP contribution is 2.12. The van der Waals surface area contributed by atoms with Crippen LogP contribution in [0.25, 0.3) is 0 Å². The molecule has 164 valence electrons. The summed E-state index contributed by atoms with van der Waals surface area (Å²) in [5.74, 6) is 0.801. The van der Waals surface area contributed by atoms with Crippen molar-refractivity contribution in [1.29, 1.82) is 0 Å². The Kier molecular flexibility index (Phi) is 11.3. The van der Waals surface area contributed by atoms with Gasteiger partial charge in [-0.25, -0.2) is 12.7 Å². The number of ether oxygens (including phenoxy) is 1. The number of hydrogen-bond acceptors (Lipinski definition) is 7. The number of nitrogens with zero attached hydrogens (tertiary/aromatic N) is 3. The van der Waals surface area contributed by atoms with Gasteiger partial charge in [0.2, 0.25) is 10.9 Å². The second kappa shape index (κ2) is 14.4. The number of unbranched alkanes of at least 4 members (excludes halogenated alkanes) is 2. The van der Waals surface area contributed by atoms with Crippen molar-refractivity contribution in [3.63, 3.8) is 0 Å². The minimum atomic E-state index is -2.58. The van der Waals surface area contributed by atoms with Gasteiger partial charge >= 0.3 is 0 Å². The molecule has 8 nitrogen and oxygen atoms in total. The Bertz CT molecular complexity index is 806. The van der Waals surface area contributed by atoms with Crippen molar-refractivity contribution in [1.82, 2.24) is 9.29 Å². The van der Waals surface area contributed by atoms with E-state index in [0.29, 0.717) is 32.8 Å². The first-order valence-corrected chi connectivity index (χ1v) is 11.2. The van der Waals surface area contributed by atoms with Crippen molar-refractivity contribution in [2.45, 2.75) is 26.2 Å². The molecule has 0 aliphatic carbocycles. The summed E-state index contributed by atoms with van der Waals surface area (Å²) in [6.07, 6.45) is 7.62. The molecule has 0 spiro atoms. The summed E-state index contributed by atoms with van der Waals surface area (Å²) in [4.78, 5) is 8.89. The molecule has 0 unspecified atom stereocenters. The molecule has 9 heteroatoms. The van der Waals surface area contributed by atoms with E-state index in [9.17, 15) is 8.42 Å². The highest BCUT2D eigenvalue weighted by molar-refractivity contribution is 7.69. The molecule has 1 heterocycles. The average molecular weight is 435 g/mol. The number of aromatic nitrogens is 1. The molecule has 0 saturated heterocycles. The minimum absolute atomic E-state index is 0.441. The van der Waals surface area contributed by atoms with E-state index in [1.807, 2.05) is 43.3 Å². The second-order valence-electron chi connectivity index (χ2n) is 6.48. The third kappa shape index (κ3) is 9.71. The summed E-state index contributed by atoms with van der Waals surface area (Å²) in [6.45, 7) is 4.54. The Balaban J connectivity index is 1.58. The van der Waals surface area contributed by atoms with Crippen molar-refractivity contribution >= 4 is 22.8 Å². The van der Waals surface area contributed by atoms with Crippen LogP contribution in [-0.2, 0) is 15.7 Å². The van der Waals surface area contributed by atoms with Gasteiger partial charge in [-0.2, -0.15) is 0 Å². The van der Waals surface area contributed by atoms with Gasteiger partial charge in [0.05, 0.1) is 12.8 Å². The standard InChI is InChI=1S/C21H30N4O4S/c1-2-29-24-18-19-6-8-21(9-7-19)28-17-5-3-4-15-25(30(26)27)16-14-23-20-10-12-22-13-11-20/h6-13,18,30H,2-5,14-17H2,1H3,(H,22,23)/b24-18+. The number of pyridine rings is 1. The Morgan fingerprint density at radius 1 is 1.07 bits per heavy atom. The third-order valence-electron chi connectivity index (χ3n) is 4.23. The van der Waals surface area contributed by atoms with E-state index in [1.54, 1.807) is 18.6 Å². The lowest BCUT2D eigenvalue weighted by molar-refractivity contribution is 0.160. The molecule has 1 N–H and O–H groups in total. The summed E-state index contributed by atoms with van der Waals surface area (Å²) in [6, 6.07) is 11.3.